The van der Waals surface area contributed by atoms with E-state index < -0.39 is 30.1 Å². The van der Waals surface area contributed by atoms with Crippen LogP contribution in [0.5, 0.6) is 5.75 Å². The molecule has 0 aliphatic heterocycles. The second kappa shape index (κ2) is 12.3. The van der Waals surface area contributed by atoms with E-state index >= 15 is 0 Å². The molecule has 4 aromatic rings. The molecule has 0 bridgehead atoms. The van der Waals surface area contributed by atoms with Gasteiger partial charge in [-0.1, -0.05) is 49.7 Å². The van der Waals surface area contributed by atoms with Crippen LogP contribution in [0.2, 0.25) is 0 Å². The van der Waals surface area contributed by atoms with Crippen molar-refractivity contribution < 1.29 is 31.9 Å². The Balaban J connectivity index is 1.96. The fourth-order valence-electron chi connectivity index (χ4n) is 4.48. The van der Waals surface area contributed by atoms with Crippen molar-refractivity contribution in [1.29, 1.82) is 5.26 Å². The number of anilines is 1. The standard InChI is InChI=1S/C32H32F3N5O4/c1-17(2)31(4,15-36)40-28(41)22-13-20(11-12-24(22)43-6)21-14-23-25(29(42)37-5)26(19-9-7-18(3)8-10-19)44-30(23)39-27(21)38-16-32(33,34)35/h7-14,17H,16H2,1-6H3,(H,37,42)(H,38,39)(H,40,41). The first-order chi connectivity index (χ1) is 20.7. The molecule has 2 aromatic carbocycles. The molecule has 44 heavy (non-hydrogen) atoms. The van der Waals surface area contributed by atoms with Crippen LogP contribution in [0, 0.1) is 24.2 Å². The Morgan fingerprint density at radius 2 is 1.73 bits per heavy atom. The summed E-state index contributed by atoms with van der Waals surface area (Å²) < 4.78 is 51.4. The van der Waals surface area contributed by atoms with Crippen molar-refractivity contribution in [2.24, 2.45) is 5.92 Å². The summed E-state index contributed by atoms with van der Waals surface area (Å²) in [5, 5.41) is 17.6. The molecule has 0 aliphatic carbocycles. The fraction of sp³-hybridized carbons (Fsp3) is 0.312. The van der Waals surface area contributed by atoms with Gasteiger partial charge in [-0.3, -0.25) is 9.59 Å². The summed E-state index contributed by atoms with van der Waals surface area (Å²) in [4.78, 5) is 30.9. The Morgan fingerprint density at radius 3 is 2.30 bits per heavy atom. The number of ether oxygens (including phenoxy) is 1. The Kier molecular flexibility index (Phi) is 8.90. The number of hydrogen-bond donors (Lipinski definition) is 3. The average Bonchev–Trinajstić information content (AvgIpc) is 3.36. The van der Waals surface area contributed by atoms with Gasteiger partial charge < -0.3 is 25.1 Å². The van der Waals surface area contributed by atoms with Gasteiger partial charge in [0.15, 0.2) is 0 Å². The maximum absolute atomic E-state index is 13.4. The summed E-state index contributed by atoms with van der Waals surface area (Å²) in [6.07, 6.45) is -4.57. The number of aryl methyl sites for hydroxylation is 1. The van der Waals surface area contributed by atoms with Crippen LogP contribution in [0.1, 0.15) is 47.1 Å². The number of hydrogen-bond acceptors (Lipinski definition) is 7. The minimum absolute atomic E-state index is 0.0491. The van der Waals surface area contributed by atoms with Gasteiger partial charge in [0, 0.05) is 18.2 Å². The molecule has 1 unspecified atom stereocenters. The van der Waals surface area contributed by atoms with Crippen molar-refractivity contribution >= 4 is 28.7 Å². The van der Waals surface area contributed by atoms with Gasteiger partial charge in [0.05, 0.1) is 29.7 Å². The second-order valence-corrected chi connectivity index (χ2v) is 10.8. The summed E-state index contributed by atoms with van der Waals surface area (Å²) in [6, 6.07) is 15.3. The second-order valence-electron chi connectivity index (χ2n) is 10.8. The number of nitrogens with one attached hydrogen (secondary N) is 3. The molecule has 9 nitrogen and oxygen atoms in total. The molecule has 0 saturated carbocycles. The van der Waals surface area contributed by atoms with E-state index in [1.807, 2.05) is 19.1 Å². The zero-order valence-corrected chi connectivity index (χ0v) is 25.1. The van der Waals surface area contributed by atoms with Crippen LogP contribution in [0.15, 0.2) is 52.9 Å². The normalized spacial score (nSPS) is 12.8. The number of fused-ring (bicyclic) bond motifs is 1. The van der Waals surface area contributed by atoms with E-state index in [0.29, 0.717) is 11.1 Å². The number of carbonyl (C=O) groups excluding carboxylic acids is 2. The number of halogens is 3. The Labute approximate surface area is 252 Å². The van der Waals surface area contributed by atoms with Gasteiger partial charge in [-0.05, 0) is 43.5 Å². The first-order valence-electron chi connectivity index (χ1n) is 13.7. The lowest BCUT2D eigenvalue weighted by atomic mass is 9.89. The highest BCUT2D eigenvalue weighted by Gasteiger charge is 2.32. The predicted molar refractivity (Wildman–Crippen MR) is 160 cm³/mol. The number of pyridine rings is 1. The molecule has 2 heterocycles. The molecular formula is C32H32F3N5O4. The van der Waals surface area contributed by atoms with Crippen LogP contribution >= 0.6 is 0 Å². The van der Waals surface area contributed by atoms with Crippen LogP contribution in [-0.4, -0.2) is 49.2 Å². The van der Waals surface area contributed by atoms with Crippen molar-refractivity contribution in [3.63, 3.8) is 0 Å². The number of nitriles is 1. The molecule has 3 N–H and O–H groups in total. The number of alkyl halides is 3. The monoisotopic (exact) mass is 607 g/mol. The van der Waals surface area contributed by atoms with E-state index in [4.69, 9.17) is 9.15 Å². The van der Waals surface area contributed by atoms with E-state index in [-0.39, 0.29) is 51.0 Å². The quantitative estimate of drug-likeness (QED) is 0.199. The molecule has 0 radical (unpaired) electrons. The topological polar surface area (TPSA) is 129 Å². The number of rotatable bonds is 9. The third-order valence-electron chi connectivity index (χ3n) is 7.42. The van der Waals surface area contributed by atoms with Gasteiger partial charge >= 0.3 is 6.18 Å². The highest BCUT2D eigenvalue weighted by molar-refractivity contribution is 6.11. The number of amides is 2. The first kappa shape index (κ1) is 31.9. The highest BCUT2D eigenvalue weighted by atomic mass is 19.4. The summed E-state index contributed by atoms with van der Waals surface area (Å²) in [6.45, 7) is 5.67. The third kappa shape index (κ3) is 6.46. The Bertz CT molecular complexity index is 1760. The number of carbonyl (C=O) groups is 2. The molecule has 0 saturated heterocycles. The lowest BCUT2D eigenvalue weighted by Gasteiger charge is -2.27. The summed E-state index contributed by atoms with van der Waals surface area (Å²) in [5.74, 6) is -1.13. The van der Waals surface area contributed by atoms with E-state index in [1.54, 1.807) is 39.0 Å². The molecule has 0 aliphatic rings. The maximum atomic E-state index is 13.4. The van der Waals surface area contributed by atoms with Gasteiger partial charge in [-0.2, -0.15) is 23.4 Å². The maximum Gasteiger partial charge on any atom is 0.405 e. The number of methoxy groups -OCH3 is 1. The number of benzene rings is 2. The fourth-order valence-corrected chi connectivity index (χ4v) is 4.48. The highest BCUT2D eigenvalue weighted by Crippen LogP contribution is 2.39. The van der Waals surface area contributed by atoms with Crippen LogP contribution in [0.25, 0.3) is 33.6 Å². The molecule has 12 heteroatoms. The van der Waals surface area contributed by atoms with Crippen LogP contribution < -0.4 is 20.7 Å². The molecule has 4 rings (SSSR count). The minimum Gasteiger partial charge on any atom is -0.496 e. The molecule has 2 amide bonds. The molecule has 0 fully saturated rings. The first-order valence-corrected chi connectivity index (χ1v) is 13.7. The van der Waals surface area contributed by atoms with Gasteiger partial charge in [-0.25, -0.2) is 0 Å². The largest absolute Gasteiger partial charge is 0.496 e. The number of nitrogens with zero attached hydrogens (tertiary/aromatic N) is 2. The molecule has 1 atom stereocenters. The van der Waals surface area contributed by atoms with Crippen LogP contribution in [0.4, 0.5) is 19.0 Å². The third-order valence-corrected chi connectivity index (χ3v) is 7.42. The van der Waals surface area contributed by atoms with Crippen molar-refractivity contribution in [2.45, 2.75) is 39.4 Å². The van der Waals surface area contributed by atoms with E-state index in [2.05, 4.69) is 27.0 Å². The average molecular weight is 608 g/mol. The van der Waals surface area contributed by atoms with Gasteiger partial charge in [0.1, 0.15) is 29.4 Å². The molecule has 2 aromatic heterocycles. The van der Waals surface area contributed by atoms with Gasteiger partial charge in [0.2, 0.25) is 5.71 Å². The number of furan rings is 1. The van der Waals surface area contributed by atoms with Crippen molar-refractivity contribution in [2.75, 3.05) is 26.0 Å². The lowest BCUT2D eigenvalue weighted by molar-refractivity contribution is -0.115. The van der Waals surface area contributed by atoms with Crippen LogP contribution in [0.3, 0.4) is 0 Å². The lowest BCUT2D eigenvalue weighted by Crippen LogP contribution is -2.48. The SMILES string of the molecule is CNC(=O)c1c(-c2ccc(C)cc2)oc2nc(NCC(F)(F)F)c(-c3ccc(OC)c(C(=O)NC(C)(C#N)C(C)C)c3)cc12. The Morgan fingerprint density at radius 1 is 1.07 bits per heavy atom. The molecule has 230 valence electrons. The smallest absolute Gasteiger partial charge is 0.405 e. The van der Waals surface area contributed by atoms with Gasteiger partial charge in [0.25, 0.3) is 11.8 Å². The molecular weight excluding hydrogens is 575 g/mol. The number of aromatic nitrogens is 1. The predicted octanol–water partition coefficient (Wildman–Crippen LogP) is 6.48. The minimum atomic E-state index is -4.57. The van der Waals surface area contributed by atoms with E-state index in [0.717, 1.165) is 5.56 Å². The van der Waals surface area contributed by atoms with E-state index in [1.165, 1.54) is 32.4 Å². The summed E-state index contributed by atoms with van der Waals surface area (Å²) in [7, 11) is 2.82. The summed E-state index contributed by atoms with van der Waals surface area (Å²) in [5.41, 5.74) is 0.972. The molecule has 0 spiro atoms. The van der Waals surface area contributed by atoms with Gasteiger partial charge in [-0.15, -0.1) is 0 Å². The zero-order chi connectivity index (χ0) is 32.4. The Hall–Kier alpha value is -5.05. The van der Waals surface area contributed by atoms with Crippen LogP contribution in [-0.2, 0) is 0 Å². The van der Waals surface area contributed by atoms with E-state index in [9.17, 15) is 28.0 Å². The van der Waals surface area contributed by atoms with Crippen molar-refractivity contribution in [3.05, 3.63) is 65.2 Å². The van der Waals surface area contributed by atoms with Crippen molar-refractivity contribution in [1.82, 2.24) is 15.6 Å². The summed E-state index contributed by atoms with van der Waals surface area (Å²) >= 11 is 0. The van der Waals surface area contributed by atoms with Crippen molar-refractivity contribution in [3.8, 4) is 34.3 Å². The zero-order valence-electron chi connectivity index (χ0n) is 25.1.